The number of ether oxygens (including phenoxy) is 1. The number of anilines is 1. The van der Waals surface area contributed by atoms with Crippen molar-refractivity contribution in [2.45, 2.75) is 20.8 Å². The third-order valence-corrected chi connectivity index (χ3v) is 4.28. The van der Waals surface area contributed by atoms with Crippen LogP contribution in [0, 0.1) is 6.92 Å². The van der Waals surface area contributed by atoms with E-state index in [0.29, 0.717) is 16.8 Å². The van der Waals surface area contributed by atoms with E-state index >= 15 is 0 Å². The summed E-state index contributed by atoms with van der Waals surface area (Å²) in [6.07, 6.45) is 1.74. The molecular formula is C22H21NO3. The van der Waals surface area contributed by atoms with Gasteiger partial charge in [-0.15, -0.1) is 0 Å². The van der Waals surface area contributed by atoms with Crippen LogP contribution < -0.4 is 4.90 Å². The number of rotatable bonds is 4. The fraction of sp³-hybridized carbons (Fsp3) is 0.182. The van der Waals surface area contributed by atoms with Gasteiger partial charge in [0.15, 0.2) is 0 Å². The van der Waals surface area contributed by atoms with Gasteiger partial charge in [-0.25, -0.2) is 4.79 Å². The van der Waals surface area contributed by atoms with Crippen LogP contribution in [0.3, 0.4) is 0 Å². The van der Waals surface area contributed by atoms with E-state index in [9.17, 15) is 9.59 Å². The van der Waals surface area contributed by atoms with Gasteiger partial charge in [-0.3, -0.25) is 9.69 Å². The Morgan fingerprint density at radius 1 is 1.04 bits per heavy atom. The molecule has 2 aromatic rings. The standard InChI is InChI=1S/C22H21NO3/c1-4-26-22(25)20-16(3)23(18-12-10-15(2)11-13-18)21(24)19(20)14-17-8-6-5-7-9-17/h5-14H,4H2,1-3H3/b19-14+. The summed E-state index contributed by atoms with van der Waals surface area (Å²) in [7, 11) is 0. The van der Waals surface area contributed by atoms with Crippen molar-refractivity contribution >= 4 is 23.6 Å². The number of hydrogen-bond donors (Lipinski definition) is 0. The molecule has 1 aliphatic rings. The Morgan fingerprint density at radius 3 is 2.31 bits per heavy atom. The van der Waals surface area contributed by atoms with Crippen LogP contribution in [-0.2, 0) is 14.3 Å². The Labute approximate surface area is 153 Å². The predicted molar refractivity (Wildman–Crippen MR) is 102 cm³/mol. The summed E-state index contributed by atoms with van der Waals surface area (Å²) in [6, 6.07) is 17.1. The molecule has 0 bridgehead atoms. The number of nitrogens with zero attached hydrogens (tertiary/aromatic N) is 1. The minimum Gasteiger partial charge on any atom is -0.462 e. The number of allylic oxidation sites excluding steroid dienone is 1. The average molecular weight is 347 g/mol. The number of carbonyl (C=O) groups excluding carboxylic acids is 2. The summed E-state index contributed by atoms with van der Waals surface area (Å²) in [5.74, 6) is -0.701. The van der Waals surface area contributed by atoms with E-state index in [0.717, 1.165) is 16.8 Å². The molecule has 0 unspecified atom stereocenters. The van der Waals surface area contributed by atoms with Gasteiger partial charge in [0.25, 0.3) is 5.91 Å². The fourth-order valence-corrected chi connectivity index (χ4v) is 3.00. The van der Waals surface area contributed by atoms with Gasteiger partial charge in [-0.05, 0) is 44.5 Å². The van der Waals surface area contributed by atoms with E-state index in [1.165, 1.54) is 0 Å². The smallest absolute Gasteiger partial charge is 0.340 e. The first-order valence-corrected chi connectivity index (χ1v) is 8.59. The summed E-state index contributed by atoms with van der Waals surface area (Å²) >= 11 is 0. The Bertz CT molecular complexity index is 893. The van der Waals surface area contributed by atoms with Crippen LogP contribution in [0.15, 0.2) is 71.4 Å². The molecule has 0 aliphatic carbocycles. The molecule has 26 heavy (non-hydrogen) atoms. The maximum Gasteiger partial charge on any atom is 0.340 e. The highest BCUT2D eigenvalue weighted by atomic mass is 16.5. The van der Waals surface area contributed by atoms with Gasteiger partial charge in [0.1, 0.15) is 0 Å². The number of esters is 1. The molecule has 4 nitrogen and oxygen atoms in total. The molecule has 0 saturated heterocycles. The maximum atomic E-state index is 13.1. The van der Waals surface area contributed by atoms with Crippen LogP contribution in [0.4, 0.5) is 5.69 Å². The molecule has 0 atom stereocenters. The highest BCUT2D eigenvalue weighted by molar-refractivity contribution is 6.23. The van der Waals surface area contributed by atoms with Crippen molar-refractivity contribution in [3.63, 3.8) is 0 Å². The monoisotopic (exact) mass is 347 g/mol. The minimum atomic E-state index is -0.477. The van der Waals surface area contributed by atoms with Crippen molar-refractivity contribution in [3.8, 4) is 0 Å². The molecule has 0 radical (unpaired) electrons. The second-order valence-electron chi connectivity index (χ2n) is 6.13. The Hall–Kier alpha value is -3.14. The van der Waals surface area contributed by atoms with E-state index in [1.54, 1.807) is 24.8 Å². The third-order valence-electron chi connectivity index (χ3n) is 4.28. The van der Waals surface area contributed by atoms with E-state index in [2.05, 4.69) is 0 Å². The van der Waals surface area contributed by atoms with Gasteiger partial charge < -0.3 is 4.74 Å². The van der Waals surface area contributed by atoms with Crippen LogP contribution in [-0.4, -0.2) is 18.5 Å². The fourth-order valence-electron chi connectivity index (χ4n) is 3.00. The molecule has 3 rings (SSSR count). The van der Waals surface area contributed by atoms with Crippen LogP contribution in [0.25, 0.3) is 6.08 Å². The Kier molecular flexibility index (Phi) is 5.03. The van der Waals surface area contributed by atoms with Crippen molar-refractivity contribution in [1.29, 1.82) is 0 Å². The third kappa shape index (κ3) is 3.31. The zero-order chi connectivity index (χ0) is 18.7. The number of hydrogen-bond acceptors (Lipinski definition) is 3. The topological polar surface area (TPSA) is 46.6 Å². The molecule has 0 spiro atoms. The van der Waals surface area contributed by atoms with Crippen molar-refractivity contribution < 1.29 is 14.3 Å². The van der Waals surface area contributed by atoms with E-state index in [1.807, 2.05) is 61.5 Å². The Balaban J connectivity index is 2.11. The molecule has 0 aromatic heterocycles. The number of aryl methyl sites for hydroxylation is 1. The highest BCUT2D eigenvalue weighted by Crippen LogP contribution is 2.35. The van der Waals surface area contributed by atoms with Gasteiger partial charge >= 0.3 is 5.97 Å². The van der Waals surface area contributed by atoms with E-state index in [4.69, 9.17) is 4.74 Å². The summed E-state index contributed by atoms with van der Waals surface area (Å²) < 4.78 is 5.20. The number of benzene rings is 2. The molecule has 2 aromatic carbocycles. The first-order valence-electron chi connectivity index (χ1n) is 8.59. The Morgan fingerprint density at radius 2 is 1.69 bits per heavy atom. The quantitative estimate of drug-likeness (QED) is 0.613. The zero-order valence-electron chi connectivity index (χ0n) is 15.2. The number of amides is 1. The normalized spacial score (nSPS) is 15.7. The van der Waals surface area contributed by atoms with E-state index < -0.39 is 5.97 Å². The van der Waals surface area contributed by atoms with Crippen LogP contribution in [0.1, 0.15) is 25.0 Å². The molecule has 4 heteroatoms. The highest BCUT2D eigenvalue weighted by Gasteiger charge is 2.37. The molecule has 0 N–H and O–H groups in total. The molecule has 0 fully saturated rings. The lowest BCUT2D eigenvalue weighted by Gasteiger charge is -2.18. The first kappa shape index (κ1) is 17.7. The van der Waals surface area contributed by atoms with Crippen molar-refractivity contribution in [2.24, 2.45) is 0 Å². The van der Waals surface area contributed by atoms with Crippen LogP contribution in [0.5, 0.6) is 0 Å². The lowest BCUT2D eigenvalue weighted by molar-refractivity contribution is -0.138. The zero-order valence-corrected chi connectivity index (χ0v) is 15.2. The SMILES string of the molecule is CCOC(=O)C1=C(C)N(c2ccc(C)cc2)C(=O)/C1=C/c1ccccc1. The molecule has 1 amide bonds. The van der Waals surface area contributed by atoms with Gasteiger partial charge in [0.05, 0.1) is 17.8 Å². The van der Waals surface area contributed by atoms with Gasteiger partial charge in [-0.2, -0.15) is 0 Å². The molecular weight excluding hydrogens is 326 g/mol. The van der Waals surface area contributed by atoms with Crippen molar-refractivity contribution in [3.05, 3.63) is 82.6 Å². The average Bonchev–Trinajstić information content (AvgIpc) is 2.87. The summed E-state index contributed by atoms with van der Waals surface area (Å²) in [6.45, 7) is 5.77. The lowest BCUT2D eigenvalue weighted by Crippen LogP contribution is -2.24. The van der Waals surface area contributed by atoms with Gasteiger partial charge in [0.2, 0.25) is 0 Å². The summed E-state index contributed by atoms with van der Waals surface area (Å²) in [5, 5.41) is 0. The number of carbonyl (C=O) groups is 2. The van der Waals surface area contributed by atoms with E-state index in [-0.39, 0.29) is 12.5 Å². The second kappa shape index (κ2) is 7.40. The maximum absolute atomic E-state index is 13.1. The molecule has 1 aliphatic heterocycles. The molecule has 1 heterocycles. The van der Waals surface area contributed by atoms with Crippen LogP contribution in [0.2, 0.25) is 0 Å². The van der Waals surface area contributed by atoms with Crippen molar-refractivity contribution in [2.75, 3.05) is 11.5 Å². The first-order chi connectivity index (χ1) is 12.5. The van der Waals surface area contributed by atoms with Crippen molar-refractivity contribution in [1.82, 2.24) is 0 Å². The molecule has 132 valence electrons. The van der Waals surface area contributed by atoms with Gasteiger partial charge in [0, 0.05) is 11.4 Å². The van der Waals surface area contributed by atoms with Crippen LogP contribution >= 0.6 is 0 Å². The molecule has 0 saturated carbocycles. The largest absolute Gasteiger partial charge is 0.462 e. The van der Waals surface area contributed by atoms with Gasteiger partial charge in [-0.1, -0.05) is 48.0 Å². The second-order valence-corrected chi connectivity index (χ2v) is 6.13. The lowest BCUT2D eigenvalue weighted by atomic mass is 10.0. The predicted octanol–water partition coefficient (Wildman–Crippen LogP) is 4.26. The summed E-state index contributed by atoms with van der Waals surface area (Å²) in [4.78, 5) is 27.2. The summed E-state index contributed by atoms with van der Waals surface area (Å²) in [5.41, 5.74) is 3.95. The minimum absolute atomic E-state index is 0.224.